The van der Waals surface area contributed by atoms with Crippen LogP contribution in [0.15, 0.2) is 30.3 Å². The van der Waals surface area contributed by atoms with E-state index in [1.165, 1.54) is 6.07 Å². The minimum atomic E-state index is -4.51. The largest absolute Gasteiger partial charge is 0.490 e. The molecule has 0 bridgehead atoms. The third-order valence-electron chi connectivity index (χ3n) is 8.41. The predicted octanol–water partition coefficient (Wildman–Crippen LogP) is 8.59. The van der Waals surface area contributed by atoms with Crippen LogP contribution in [0, 0.1) is 17.8 Å². The van der Waals surface area contributed by atoms with Gasteiger partial charge in [-0.3, -0.25) is 4.79 Å². The van der Waals surface area contributed by atoms with Gasteiger partial charge in [0.05, 0.1) is 12.0 Å². The highest BCUT2D eigenvalue weighted by Gasteiger charge is 2.37. The van der Waals surface area contributed by atoms with E-state index < -0.39 is 17.7 Å². The van der Waals surface area contributed by atoms with E-state index in [0.29, 0.717) is 30.1 Å². The topological polar surface area (TPSA) is 46.5 Å². The molecule has 0 unspecified atom stereocenters. The summed E-state index contributed by atoms with van der Waals surface area (Å²) >= 11 is 0. The fraction of sp³-hybridized carbons (Fsp3) is 0.621. The molecule has 2 aromatic rings. The third-order valence-corrected chi connectivity index (χ3v) is 8.41. The van der Waals surface area contributed by atoms with Gasteiger partial charge in [-0.1, -0.05) is 44.5 Å². The molecular formula is C29H37F3O3. The third kappa shape index (κ3) is 6.13. The second-order valence-electron chi connectivity index (χ2n) is 10.8. The number of carbonyl (C=O) groups is 1. The Kier molecular flexibility index (Phi) is 7.97. The zero-order valence-corrected chi connectivity index (χ0v) is 20.7. The summed E-state index contributed by atoms with van der Waals surface area (Å²) in [5, 5.41) is 10.00. The average Bonchev–Trinajstić information content (AvgIpc) is 2.83. The molecule has 1 N–H and O–H groups in total. The van der Waals surface area contributed by atoms with Crippen molar-refractivity contribution in [2.24, 2.45) is 17.8 Å². The molecule has 0 aliphatic heterocycles. The molecule has 0 saturated heterocycles. The molecule has 0 spiro atoms. The molecule has 35 heavy (non-hydrogen) atoms. The second kappa shape index (κ2) is 10.8. The molecule has 2 aliphatic rings. The number of rotatable bonds is 7. The van der Waals surface area contributed by atoms with E-state index >= 15 is 0 Å². The van der Waals surface area contributed by atoms with Gasteiger partial charge in [0.2, 0.25) is 0 Å². The minimum Gasteiger partial charge on any atom is -0.490 e. The van der Waals surface area contributed by atoms with Crippen molar-refractivity contribution in [2.75, 3.05) is 0 Å². The molecule has 0 heterocycles. The lowest BCUT2D eigenvalue weighted by atomic mass is 9.77. The van der Waals surface area contributed by atoms with Gasteiger partial charge in [0, 0.05) is 0 Å². The van der Waals surface area contributed by atoms with E-state index in [-0.39, 0.29) is 29.1 Å². The molecular weight excluding hydrogens is 453 g/mol. The van der Waals surface area contributed by atoms with Crippen molar-refractivity contribution < 1.29 is 27.8 Å². The van der Waals surface area contributed by atoms with Crippen LogP contribution in [0.1, 0.15) is 95.1 Å². The summed E-state index contributed by atoms with van der Waals surface area (Å²) in [6.07, 6.45) is 4.00. The molecule has 2 aliphatic carbocycles. The van der Waals surface area contributed by atoms with E-state index in [0.717, 1.165) is 56.9 Å². The van der Waals surface area contributed by atoms with Crippen LogP contribution >= 0.6 is 0 Å². The lowest BCUT2D eigenvalue weighted by Gasteiger charge is -2.30. The van der Waals surface area contributed by atoms with Crippen molar-refractivity contribution in [1.29, 1.82) is 0 Å². The van der Waals surface area contributed by atoms with Gasteiger partial charge in [-0.05, 0) is 97.9 Å². The molecule has 192 valence electrons. The van der Waals surface area contributed by atoms with Crippen LogP contribution in [-0.4, -0.2) is 17.2 Å². The first-order valence-electron chi connectivity index (χ1n) is 13.2. The van der Waals surface area contributed by atoms with Crippen molar-refractivity contribution in [3.63, 3.8) is 0 Å². The Morgan fingerprint density at radius 1 is 1.00 bits per heavy atom. The van der Waals surface area contributed by atoms with E-state index in [1.807, 2.05) is 6.07 Å². The molecule has 0 radical (unpaired) electrons. The highest BCUT2D eigenvalue weighted by Crippen LogP contribution is 2.44. The van der Waals surface area contributed by atoms with E-state index in [4.69, 9.17) is 4.74 Å². The van der Waals surface area contributed by atoms with Crippen molar-refractivity contribution in [1.82, 2.24) is 0 Å². The number of benzene rings is 2. The van der Waals surface area contributed by atoms with Gasteiger partial charge in [-0.2, -0.15) is 13.2 Å². The van der Waals surface area contributed by atoms with Gasteiger partial charge in [0.25, 0.3) is 0 Å². The Morgan fingerprint density at radius 2 is 1.63 bits per heavy atom. The monoisotopic (exact) mass is 490 g/mol. The van der Waals surface area contributed by atoms with Crippen molar-refractivity contribution in [3.05, 3.63) is 41.5 Å². The first-order chi connectivity index (χ1) is 16.7. The highest BCUT2D eigenvalue weighted by atomic mass is 19.4. The lowest BCUT2D eigenvalue weighted by molar-refractivity contribution is -0.143. The zero-order valence-electron chi connectivity index (χ0n) is 20.7. The van der Waals surface area contributed by atoms with Gasteiger partial charge >= 0.3 is 12.1 Å². The summed E-state index contributed by atoms with van der Waals surface area (Å²) in [6.45, 7) is 4.22. The molecule has 2 fully saturated rings. The van der Waals surface area contributed by atoms with Gasteiger partial charge in [-0.15, -0.1) is 0 Å². The molecule has 2 saturated carbocycles. The molecule has 0 aromatic heterocycles. The lowest BCUT2D eigenvalue weighted by Crippen LogP contribution is -2.25. The molecule has 4 rings (SSSR count). The smallest absolute Gasteiger partial charge is 0.420 e. The van der Waals surface area contributed by atoms with Crippen LogP contribution in [0.3, 0.4) is 0 Å². The Morgan fingerprint density at radius 3 is 2.23 bits per heavy atom. The Balaban J connectivity index is 1.55. The number of ether oxygens (including phenoxy) is 1. The van der Waals surface area contributed by atoms with Crippen molar-refractivity contribution in [3.8, 4) is 5.75 Å². The molecule has 3 nitrogen and oxygen atoms in total. The maximum Gasteiger partial charge on any atom is 0.420 e. The first-order valence-corrected chi connectivity index (χ1v) is 13.2. The van der Waals surface area contributed by atoms with Crippen LogP contribution in [0.25, 0.3) is 10.8 Å². The van der Waals surface area contributed by atoms with Crippen LogP contribution in [-0.2, 0) is 11.0 Å². The SMILES string of the molecule is CCC1CCC(Oc2ccc3ccc([C@@H](C)CC4CCC(C(=O)O)CC4)cc3c2C(F)(F)F)CC1. The van der Waals surface area contributed by atoms with Crippen LogP contribution < -0.4 is 4.74 Å². The number of carboxylic acids is 1. The molecule has 0 amide bonds. The number of alkyl halides is 3. The Hall–Kier alpha value is -2.24. The summed E-state index contributed by atoms with van der Waals surface area (Å²) < 4.78 is 49.0. The number of hydrogen-bond donors (Lipinski definition) is 1. The second-order valence-corrected chi connectivity index (χ2v) is 10.8. The van der Waals surface area contributed by atoms with Gasteiger partial charge in [0.1, 0.15) is 11.3 Å². The summed E-state index contributed by atoms with van der Waals surface area (Å²) in [6, 6.07) is 8.64. The molecule has 1 atom stereocenters. The van der Waals surface area contributed by atoms with Gasteiger partial charge in [-0.25, -0.2) is 0 Å². The fourth-order valence-corrected chi connectivity index (χ4v) is 6.13. The quantitative estimate of drug-likeness (QED) is 0.423. The number of aliphatic carboxylic acids is 1. The van der Waals surface area contributed by atoms with Crippen molar-refractivity contribution in [2.45, 2.75) is 96.3 Å². The number of halogens is 3. The predicted molar refractivity (Wildman–Crippen MR) is 132 cm³/mol. The summed E-state index contributed by atoms with van der Waals surface area (Å²) in [5.41, 5.74) is 0.229. The number of fused-ring (bicyclic) bond motifs is 1. The van der Waals surface area contributed by atoms with E-state index in [1.54, 1.807) is 18.2 Å². The van der Waals surface area contributed by atoms with Crippen LogP contribution in [0.4, 0.5) is 13.2 Å². The van der Waals surface area contributed by atoms with E-state index in [2.05, 4.69) is 13.8 Å². The van der Waals surface area contributed by atoms with Gasteiger partial charge in [0.15, 0.2) is 0 Å². The molecule has 6 heteroatoms. The Bertz CT molecular complexity index is 1020. The fourth-order valence-electron chi connectivity index (χ4n) is 6.13. The average molecular weight is 491 g/mol. The summed E-state index contributed by atoms with van der Waals surface area (Å²) in [5.74, 6) is 0.125. The van der Waals surface area contributed by atoms with Gasteiger partial charge < -0.3 is 9.84 Å². The number of carboxylic acid groups (broad SMARTS) is 1. The minimum absolute atomic E-state index is 0.0539. The van der Waals surface area contributed by atoms with Crippen molar-refractivity contribution >= 4 is 16.7 Å². The standard InChI is InChI=1S/C29H37F3O3/c1-3-19-6-13-24(14-7-19)35-26-15-12-21-10-11-23(17-25(21)27(26)29(30,31)32)18(2)16-20-4-8-22(9-5-20)28(33)34/h10-12,15,17-20,22,24H,3-9,13-14,16H2,1-2H3,(H,33,34)/t18-,19?,20?,22?,24?/m0/s1. The van der Waals surface area contributed by atoms with E-state index in [9.17, 15) is 23.1 Å². The first kappa shape index (κ1) is 25.8. The maximum absolute atomic E-state index is 14.3. The maximum atomic E-state index is 14.3. The van der Waals surface area contributed by atoms with Crippen LogP contribution in [0.2, 0.25) is 0 Å². The zero-order chi connectivity index (χ0) is 25.2. The molecule has 2 aromatic carbocycles. The summed E-state index contributed by atoms with van der Waals surface area (Å²) in [4.78, 5) is 11.2. The van der Waals surface area contributed by atoms with Crippen LogP contribution in [0.5, 0.6) is 5.75 Å². The number of hydrogen-bond acceptors (Lipinski definition) is 2. The normalized spacial score (nSPS) is 26.4. The summed E-state index contributed by atoms with van der Waals surface area (Å²) in [7, 11) is 0. The highest BCUT2D eigenvalue weighted by molar-refractivity contribution is 5.89. The Labute approximate surface area is 206 Å².